The molecule has 0 amide bonds. The average molecular weight is 564 g/mol. The largest absolute Gasteiger partial charge is 0.466 e. The molecule has 0 spiro atoms. The summed E-state index contributed by atoms with van der Waals surface area (Å²) in [6.07, 6.45) is 9.95. The Bertz CT molecular complexity index is 692. The van der Waals surface area contributed by atoms with E-state index in [0.717, 1.165) is 99.6 Å². The van der Waals surface area contributed by atoms with E-state index in [2.05, 4.69) is 31.6 Å². The number of aliphatic hydroxyl groups is 1. The quantitative estimate of drug-likeness (QED) is 0.0440. The number of unbranched alkanes of at least 4 members (excludes halogenated alkanes) is 4. The molecule has 0 saturated carbocycles. The van der Waals surface area contributed by atoms with Crippen LogP contribution >= 0.6 is 0 Å². The minimum atomic E-state index is -0.490. The Morgan fingerprint density at radius 1 is 0.700 bits per heavy atom. The van der Waals surface area contributed by atoms with Crippen molar-refractivity contribution < 1.29 is 24.1 Å². The predicted molar refractivity (Wildman–Crippen MR) is 168 cm³/mol. The number of hydrogen-bond acceptors (Lipinski definition) is 6. The molecule has 0 heterocycles. The SMILES string of the molecule is C=C(C)CCC(COC(CCC(=O)OCCCCCCNCCCCO)OCC(CCC(=C)C)C(=C)C)C(=C)C. The molecular weight excluding hydrogens is 502 g/mol. The lowest BCUT2D eigenvalue weighted by Gasteiger charge is -2.25. The third-order valence-electron chi connectivity index (χ3n) is 7.06. The van der Waals surface area contributed by atoms with Gasteiger partial charge in [-0.25, -0.2) is 0 Å². The number of allylic oxidation sites excluding steroid dienone is 2. The molecule has 6 heteroatoms. The van der Waals surface area contributed by atoms with Crippen LogP contribution in [0.15, 0.2) is 48.6 Å². The van der Waals surface area contributed by atoms with Crippen LogP contribution in [0.1, 0.15) is 105 Å². The first-order chi connectivity index (χ1) is 19.1. The van der Waals surface area contributed by atoms with Crippen molar-refractivity contribution >= 4 is 5.97 Å². The van der Waals surface area contributed by atoms with Crippen molar-refractivity contribution in [2.24, 2.45) is 11.8 Å². The molecule has 6 nitrogen and oxygen atoms in total. The summed E-state index contributed by atoms with van der Waals surface area (Å²) in [4.78, 5) is 12.4. The Morgan fingerprint density at radius 3 is 1.68 bits per heavy atom. The highest BCUT2D eigenvalue weighted by molar-refractivity contribution is 5.69. The number of aliphatic hydroxyl groups excluding tert-OH is 1. The second kappa shape index (κ2) is 25.0. The summed E-state index contributed by atoms with van der Waals surface area (Å²) < 4.78 is 17.9. The van der Waals surface area contributed by atoms with Gasteiger partial charge >= 0.3 is 5.97 Å². The summed E-state index contributed by atoms with van der Waals surface area (Å²) in [6.45, 7) is 28.1. The summed E-state index contributed by atoms with van der Waals surface area (Å²) >= 11 is 0. The predicted octanol–water partition coefficient (Wildman–Crippen LogP) is 7.69. The molecule has 0 radical (unpaired) electrons. The van der Waals surface area contributed by atoms with E-state index >= 15 is 0 Å². The highest BCUT2D eigenvalue weighted by Gasteiger charge is 2.20. The zero-order valence-corrected chi connectivity index (χ0v) is 26.4. The van der Waals surface area contributed by atoms with Crippen LogP contribution in [0.2, 0.25) is 0 Å². The zero-order chi connectivity index (χ0) is 30.2. The van der Waals surface area contributed by atoms with Crippen molar-refractivity contribution in [1.82, 2.24) is 5.32 Å². The molecule has 40 heavy (non-hydrogen) atoms. The van der Waals surface area contributed by atoms with Gasteiger partial charge in [0, 0.05) is 24.9 Å². The van der Waals surface area contributed by atoms with Gasteiger partial charge in [-0.1, -0.05) is 48.3 Å². The van der Waals surface area contributed by atoms with E-state index in [1.165, 1.54) is 0 Å². The van der Waals surface area contributed by atoms with E-state index in [0.29, 0.717) is 26.2 Å². The van der Waals surface area contributed by atoms with Crippen molar-refractivity contribution in [3.05, 3.63) is 48.6 Å². The Morgan fingerprint density at radius 2 is 1.20 bits per heavy atom. The second-order valence-electron chi connectivity index (χ2n) is 11.5. The highest BCUT2D eigenvalue weighted by Crippen LogP contribution is 2.22. The molecule has 2 atom stereocenters. The van der Waals surface area contributed by atoms with Gasteiger partial charge in [0.1, 0.15) is 0 Å². The Hall–Kier alpha value is -1.73. The standard InChI is InChI=1S/C34H61NO5/c1-27(2)15-17-31(29(5)6)25-39-34(40-26-32(30(7)8)18-16-28(3)4)20-19-33(37)38-24-14-10-9-11-21-35-22-12-13-23-36/h31-32,34-36H,1,3,5,7,9-26H2,2,4,6,8H3. The number of ether oxygens (including phenoxy) is 3. The van der Waals surface area contributed by atoms with Gasteiger partial charge in [-0.3, -0.25) is 4.79 Å². The minimum Gasteiger partial charge on any atom is -0.466 e. The van der Waals surface area contributed by atoms with Crippen LogP contribution in [0, 0.1) is 11.8 Å². The fourth-order valence-corrected chi connectivity index (χ4v) is 4.13. The topological polar surface area (TPSA) is 77.0 Å². The number of carbonyl (C=O) groups excluding carboxylic acids is 1. The van der Waals surface area contributed by atoms with E-state index in [9.17, 15) is 4.79 Å². The number of esters is 1. The molecule has 0 aliphatic heterocycles. The molecule has 0 aromatic heterocycles. The van der Waals surface area contributed by atoms with Crippen molar-refractivity contribution in [2.45, 2.75) is 111 Å². The van der Waals surface area contributed by atoms with Crippen LogP contribution in [-0.2, 0) is 19.0 Å². The molecule has 2 N–H and O–H groups in total. The van der Waals surface area contributed by atoms with Crippen LogP contribution in [0.25, 0.3) is 0 Å². The first kappa shape index (κ1) is 38.3. The average Bonchev–Trinajstić information content (AvgIpc) is 2.88. The molecule has 0 fully saturated rings. The van der Waals surface area contributed by atoms with Crippen LogP contribution in [-0.4, -0.2) is 56.9 Å². The van der Waals surface area contributed by atoms with Gasteiger partial charge in [-0.05, 0) is 92.2 Å². The summed E-state index contributed by atoms with van der Waals surface area (Å²) in [7, 11) is 0. The van der Waals surface area contributed by atoms with Crippen molar-refractivity contribution in [3.63, 3.8) is 0 Å². The van der Waals surface area contributed by atoms with Crippen molar-refractivity contribution in [1.29, 1.82) is 0 Å². The maximum Gasteiger partial charge on any atom is 0.305 e. The third kappa shape index (κ3) is 23.0. The van der Waals surface area contributed by atoms with Crippen LogP contribution in [0.4, 0.5) is 0 Å². The Labute approximate surface area is 246 Å². The molecule has 0 saturated heterocycles. The molecule has 0 aromatic carbocycles. The number of rotatable bonds is 28. The van der Waals surface area contributed by atoms with Gasteiger partial charge in [0.05, 0.1) is 26.2 Å². The van der Waals surface area contributed by atoms with E-state index in [1.54, 1.807) is 0 Å². The summed E-state index contributed by atoms with van der Waals surface area (Å²) in [5.74, 6) is 0.219. The molecular formula is C34H61NO5. The lowest BCUT2D eigenvalue weighted by Crippen LogP contribution is -2.26. The molecule has 0 aliphatic rings. The highest BCUT2D eigenvalue weighted by atomic mass is 16.7. The summed E-state index contributed by atoms with van der Waals surface area (Å²) in [6, 6.07) is 0. The fourth-order valence-electron chi connectivity index (χ4n) is 4.13. The van der Waals surface area contributed by atoms with E-state index in [4.69, 9.17) is 19.3 Å². The van der Waals surface area contributed by atoms with Crippen molar-refractivity contribution in [3.8, 4) is 0 Å². The summed E-state index contributed by atoms with van der Waals surface area (Å²) in [5, 5.41) is 12.2. The number of nitrogens with one attached hydrogen (secondary N) is 1. The molecule has 0 aromatic rings. The van der Waals surface area contributed by atoms with Gasteiger partial charge in [-0.15, -0.1) is 13.2 Å². The maximum absolute atomic E-state index is 12.4. The van der Waals surface area contributed by atoms with Crippen LogP contribution in [0.5, 0.6) is 0 Å². The monoisotopic (exact) mass is 563 g/mol. The normalized spacial score (nSPS) is 13.4. The maximum atomic E-state index is 12.4. The lowest BCUT2D eigenvalue weighted by atomic mass is 9.95. The second-order valence-corrected chi connectivity index (χ2v) is 11.5. The van der Waals surface area contributed by atoms with Gasteiger partial charge in [0.25, 0.3) is 0 Å². The van der Waals surface area contributed by atoms with Gasteiger partial charge in [0.2, 0.25) is 0 Å². The molecule has 0 aliphatic carbocycles. The first-order valence-corrected chi connectivity index (χ1v) is 15.4. The Kier molecular flexibility index (Phi) is 23.9. The van der Waals surface area contributed by atoms with E-state index in [1.807, 2.05) is 27.7 Å². The lowest BCUT2D eigenvalue weighted by molar-refractivity contribution is -0.165. The molecule has 0 bridgehead atoms. The van der Waals surface area contributed by atoms with Gasteiger partial charge < -0.3 is 24.6 Å². The van der Waals surface area contributed by atoms with E-state index < -0.39 is 6.29 Å². The number of hydrogen-bond donors (Lipinski definition) is 2. The smallest absolute Gasteiger partial charge is 0.305 e. The first-order valence-electron chi connectivity index (χ1n) is 15.4. The summed E-state index contributed by atoms with van der Waals surface area (Å²) in [5.41, 5.74) is 4.46. The van der Waals surface area contributed by atoms with Crippen LogP contribution < -0.4 is 5.32 Å². The number of carbonyl (C=O) groups is 1. The molecule has 2 unspecified atom stereocenters. The zero-order valence-electron chi connectivity index (χ0n) is 26.4. The fraction of sp³-hybridized carbons (Fsp3) is 0.735. The Balaban J connectivity index is 4.63. The molecule has 232 valence electrons. The molecule has 0 rings (SSSR count). The van der Waals surface area contributed by atoms with Crippen LogP contribution in [0.3, 0.4) is 0 Å². The van der Waals surface area contributed by atoms with Gasteiger partial charge in [-0.2, -0.15) is 0 Å². The van der Waals surface area contributed by atoms with Gasteiger partial charge in [0.15, 0.2) is 6.29 Å². The minimum absolute atomic E-state index is 0.208. The van der Waals surface area contributed by atoms with E-state index in [-0.39, 0.29) is 30.8 Å². The third-order valence-corrected chi connectivity index (χ3v) is 7.06. The van der Waals surface area contributed by atoms with Crippen molar-refractivity contribution in [2.75, 3.05) is 39.5 Å².